The van der Waals surface area contributed by atoms with Gasteiger partial charge < -0.3 is 14.4 Å². The van der Waals surface area contributed by atoms with Crippen LogP contribution in [-0.2, 0) is 9.47 Å². The number of hydrogen-bond acceptors (Lipinski definition) is 3. The third kappa shape index (κ3) is 25.9. The van der Waals surface area contributed by atoms with Crippen LogP contribution in [0.15, 0.2) is 48.6 Å². The van der Waals surface area contributed by atoms with Gasteiger partial charge in [-0.15, -0.1) is 0 Å². The molecule has 0 bridgehead atoms. The summed E-state index contributed by atoms with van der Waals surface area (Å²) in [6.45, 7) is 12.8. The molecule has 0 aliphatic heterocycles. The van der Waals surface area contributed by atoms with E-state index in [0.29, 0.717) is 17.9 Å². The Kier molecular flexibility index (Phi) is 33.0. The monoisotopic (exact) mass is 754 g/mol. The van der Waals surface area contributed by atoms with Crippen molar-refractivity contribution in [3.63, 3.8) is 0 Å². The molecule has 1 saturated carbocycles. The zero-order valence-electron chi connectivity index (χ0n) is 37.8. The number of rotatable bonds is 37. The minimum absolute atomic E-state index is 0.414. The van der Waals surface area contributed by atoms with Crippen molar-refractivity contribution in [1.29, 1.82) is 0 Å². The second-order valence-electron chi connectivity index (χ2n) is 17.6. The molecule has 5 atom stereocenters. The molecule has 0 aromatic carbocycles. The number of hydrogen-bond donors (Lipinski definition) is 0. The van der Waals surface area contributed by atoms with E-state index in [0.717, 1.165) is 44.1 Å². The average molecular weight is 754 g/mol. The molecular formula is C51H95NO2. The highest BCUT2D eigenvalue weighted by atomic mass is 16.7. The number of unbranched alkanes of at least 4 members (excludes halogenated alkanes) is 18. The summed E-state index contributed by atoms with van der Waals surface area (Å²) in [5, 5.41) is 0. The molecule has 0 aromatic heterocycles. The fourth-order valence-electron chi connectivity index (χ4n) is 8.41. The van der Waals surface area contributed by atoms with Crippen molar-refractivity contribution < 1.29 is 9.47 Å². The van der Waals surface area contributed by atoms with Crippen LogP contribution in [0.25, 0.3) is 0 Å². The molecule has 1 aliphatic rings. The maximum Gasteiger partial charge on any atom is 0.167 e. The lowest BCUT2D eigenvalue weighted by Crippen LogP contribution is -2.37. The van der Waals surface area contributed by atoms with Gasteiger partial charge in [0.2, 0.25) is 0 Å². The quantitative estimate of drug-likeness (QED) is 0.0358. The standard InChI is InChI=1S/C51H95NO2/c1-9-11-13-15-17-19-21-23-25-27-29-31-33-35-37-39-41-51(53-8,54-45-50-44-49(47(4)48(50)5)43-46(3)52(6)7)42-40-38-36-34-32-30-28-26-24-22-20-18-16-14-12-10-2/h17-20,23-26,46-50H,9-16,21-22,27-45H2,1-8H3/b19-17-,20-18-,25-23-,26-24-. The van der Waals surface area contributed by atoms with Crippen molar-refractivity contribution in [2.24, 2.45) is 23.7 Å². The Labute approximate surface area is 339 Å². The lowest BCUT2D eigenvalue weighted by atomic mass is 9.87. The number of allylic oxidation sites excluding steroid dienone is 8. The highest BCUT2D eigenvalue weighted by Crippen LogP contribution is 2.44. The zero-order chi connectivity index (χ0) is 39.5. The second kappa shape index (κ2) is 35.0. The first-order chi connectivity index (χ1) is 26.3. The zero-order valence-corrected chi connectivity index (χ0v) is 37.8. The third-order valence-corrected chi connectivity index (χ3v) is 12.9. The Hall–Kier alpha value is -1.16. The summed E-state index contributed by atoms with van der Waals surface area (Å²) in [7, 11) is 6.38. The van der Waals surface area contributed by atoms with Crippen LogP contribution in [0.4, 0.5) is 0 Å². The fourth-order valence-corrected chi connectivity index (χ4v) is 8.41. The lowest BCUT2D eigenvalue weighted by Gasteiger charge is -2.35. The molecule has 0 spiro atoms. The van der Waals surface area contributed by atoms with E-state index in [-0.39, 0.29) is 0 Å². The van der Waals surface area contributed by atoms with Crippen molar-refractivity contribution in [2.45, 2.75) is 226 Å². The summed E-state index contributed by atoms with van der Waals surface area (Å²) in [6, 6.07) is 0.634. The number of methoxy groups -OCH3 is 1. The van der Waals surface area contributed by atoms with E-state index in [4.69, 9.17) is 9.47 Å². The Bertz CT molecular complexity index is 886. The van der Waals surface area contributed by atoms with E-state index in [9.17, 15) is 0 Å². The summed E-state index contributed by atoms with van der Waals surface area (Å²) in [5.74, 6) is 2.49. The van der Waals surface area contributed by atoms with E-state index in [2.05, 4.69) is 102 Å². The normalized spacial score (nSPS) is 20.3. The molecule has 5 unspecified atom stereocenters. The molecule has 54 heavy (non-hydrogen) atoms. The fraction of sp³-hybridized carbons (Fsp3) is 0.843. The smallest absolute Gasteiger partial charge is 0.167 e. The highest BCUT2D eigenvalue weighted by molar-refractivity contribution is 4.94. The Morgan fingerprint density at radius 1 is 0.556 bits per heavy atom. The van der Waals surface area contributed by atoms with Crippen LogP contribution in [0.1, 0.15) is 214 Å². The highest BCUT2D eigenvalue weighted by Gasteiger charge is 2.40. The molecular weight excluding hydrogens is 659 g/mol. The molecule has 0 radical (unpaired) electrons. The van der Waals surface area contributed by atoms with Crippen molar-refractivity contribution in [3.05, 3.63) is 48.6 Å². The van der Waals surface area contributed by atoms with Gasteiger partial charge in [-0.05, 0) is 135 Å². The predicted octanol–water partition coefficient (Wildman–Crippen LogP) is 16.0. The van der Waals surface area contributed by atoms with E-state index in [1.54, 1.807) is 0 Å². The van der Waals surface area contributed by atoms with Gasteiger partial charge in [-0.1, -0.05) is 153 Å². The van der Waals surface area contributed by atoms with Crippen LogP contribution in [-0.4, -0.2) is 44.5 Å². The van der Waals surface area contributed by atoms with Gasteiger partial charge in [0.05, 0.1) is 6.61 Å². The van der Waals surface area contributed by atoms with E-state index < -0.39 is 5.79 Å². The summed E-state index contributed by atoms with van der Waals surface area (Å²) in [4.78, 5) is 2.39. The van der Waals surface area contributed by atoms with E-state index >= 15 is 0 Å². The van der Waals surface area contributed by atoms with Crippen molar-refractivity contribution >= 4 is 0 Å². The largest absolute Gasteiger partial charge is 0.353 e. The summed E-state index contributed by atoms with van der Waals surface area (Å²) >= 11 is 0. The van der Waals surface area contributed by atoms with Crippen molar-refractivity contribution in [2.75, 3.05) is 27.8 Å². The maximum atomic E-state index is 6.97. The summed E-state index contributed by atoms with van der Waals surface area (Å²) in [6.07, 6.45) is 54.4. The molecule has 0 amide bonds. The van der Waals surface area contributed by atoms with E-state index in [1.165, 1.54) is 154 Å². The molecule has 1 aliphatic carbocycles. The molecule has 1 fully saturated rings. The molecule has 0 saturated heterocycles. The summed E-state index contributed by atoms with van der Waals surface area (Å²) < 4.78 is 13.4. The second-order valence-corrected chi connectivity index (χ2v) is 17.6. The lowest BCUT2D eigenvalue weighted by molar-refractivity contribution is -0.239. The molecule has 0 N–H and O–H groups in total. The predicted molar refractivity (Wildman–Crippen MR) is 241 cm³/mol. The van der Waals surface area contributed by atoms with Gasteiger partial charge in [-0.25, -0.2) is 0 Å². The Morgan fingerprint density at radius 3 is 1.35 bits per heavy atom. The van der Waals surface area contributed by atoms with Crippen LogP contribution in [0.3, 0.4) is 0 Å². The maximum absolute atomic E-state index is 6.97. The third-order valence-electron chi connectivity index (χ3n) is 12.9. The molecule has 3 nitrogen and oxygen atoms in total. The first-order valence-corrected chi connectivity index (χ1v) is 23.8. The Morgan fingerprint density at radius 2 is 0.944 bits per heavy atom. The van der Waals surface area contributed by atoms with Crippen LogP contribution < -0.4 is 0 Å². The van der Waals surface area contributed by atoms with Gasteiger partial charge >= 0.3 is 0 Å². The van der Waals surface area contributed by atoms with E-state index in [1.807, 2.05) is 7.11 Å². The van der Waals surface area contributed by atoms with Crippen LogP contribution >= 0.6 is 0 Å². The van der Waals surface area contributed by atoms with Crippen molar-refractivity contribution in [1.82, 2.24) is 4.90 Å². The van der Waals surface area contributed by atoms with Crippen LogP contribution in [0.5, 0.6) is 0 Å². The molecule has 0 aromatic rings. The number of nitrogens with zero attached hydrogens (tertiary/aromatic N) is 1. The number of ether oxygens (including phenoxy) is 2. The SMILES string of the molecule is CCCCC/C=C\C/C=C\CCCCCCCCC(CCCCCCCC/C=C\C/C=C\CCCCC)(OC)OCC1CC(CC(C)N(C)C)C(C)C1C. The van der Waals surface area contributed by atoms with Crippen LogP contribution in [0.2, 0.25) is 0 Å². The molecule has 316 valence electrons. The van der Waals surface area contributed by atoms with Gasteiger partial charge in [-0.2, -0.15) is 0 Å². The molecule has 0 heterocycles. The van der Waals surface area contributed by atoms with Crippen molar-refractivity contribution in [3.8, 4) is 0 Å². The first-order valence-electron chi connectivity index (χ1n) is 23.8. The molecule has 1 rings (SSSR count). The summed E-state index contributed by atoms with van der Waals surface area (Å²) in [5.41, 5.74) is 0. The van der Waals surface area contributed by atoms with Gasteiger partial charge in [0.25, 0.3) is 0 Å². The van der Waals surface area contributed by atoms with Gasteiger partial charge in [0.15, 0.2) is 5.79 Å². The topological polar surface area (TPSA) is 21.7 Å². The Balaban J connectivity index is 2.47. The average Bonchev–Trinajstić information content (AvgIpc) is 3.43. The first kappa shape index (κ1) is 50.9. The van der Waals surface area contributed by atoms with Gasteiger partial charge in [0.1, 0.15) is 0 Å². The minimum atomic E-state index is -0.414. The van der Waals surface area contributed by atoms with Gasteiger partial charge in [-0.3, -0.25) is 0 Å². The van der Waals surface area contributed by atoms with Gasteiger partial charge in [0, 0.05) is 26.0 Å². The molecule has 3 heteroatoms. The van der Waals surface area contributed by atoms with Crippen LogP contribution in [0, 0.1) is 23.7 Å². The minimum Gasteiger partial charge on any atom is -0.353 e.